The Bertz CT molecular complexity index is 779. The van der Waals surface area contributed by atoms with Gasteiger partial charge in [-0.15, -0.1) is 0 Å². The summed E-state index contributed by atoms with van der Waals surface area (Å²) in [7, 11) is 0. The molecule has 2 N–H and O–H groups in total. The number of carbonyl (C=O) groups is 3. The van der Waals surface area contributed by atoms with Gasteiger partial charge in [0.05, 0.1) is 19.4 Å². The minimum atomic E-state index is -0.453. The second kappa shape index (κ2) is 11.8. The summed E-state index contributed by atoms with van der Waals surface area (Å²) in [4.78, 5) is 35.2. The Labute approximate surface area is 169 Å². The summed E-state index contributed by atoms with van der Waals surface area (Å²) in [6.07, 6.45) is 1.57. The number of benzene rings is 2. The van der Waals surface area contributed by atoms with Gasteiger partial charge in [-0.2, -0.15) is 0 Å². The fourth-order valence-corrected chi connectivity index (χ4v) is 2.55. The van der Waals surface area contributed by atoms with Crippen molar-refractivity contribution in [2.45, 2.75) is 32.1 Å². The third kappa shape index (κ3) is 8.68. The van der Waals surface area contributed by atoms with E-state index in [9.17, 15) is 14.4 Å². The molecule has 0 fully saturated rings. The first-order chi connectivity index (χ1) is 13.5. The monoisotopic (exact) mass is 402 g/mol. The molecule has 0 unspecified atom stereocenters. The number of aryl methyl sites for hydroxylation is 1. The van der Waals surface area contributed by atoms with Crippen LogP contribution in [0, 0.1) is 0 Å². The number of hydrogen-bond donors (Lipinski definition) is 2. The number of amides is 2. The third-order valence-electron chi connectivity index (χ3n) is 3.89. The highest BCUT2D eigenvalue weighted by Crippen LogP contribution is 2.09. The number of hydrazine groups is 1. The molecule has 2 aromatic carbocycles. The molecule has 0 aliphatic rings. The second-order valence-electron chi connectivity index (χ2n) is 6.21. The summed E-state index contributed by atoms with van der Waals surface area (Å²) in [6.45, 7) is 0.313. The van der Waals surface area contributed by atoms with Gasteiger partial charge in [-0.05, 0) is 36.1 Å². The van der Waals surface area contributed by atoms with Gasteiger partial charge in [-0.3, -0.25) is 25.2 Å². The predicted molar refractivity (Wildman–Crippen MR) is 106 cm³/mol. The fourth-order valence-electron chi connectivity index (χ4n) is 2.43. The van der Waals surface area contributed by atoms with Gasteiger partial charge >= 0.3 is 5.97 Å². The third-order valence-corrected chi connectivity index (χ3v) is 4.14. The first-order valence-corrected chi connectivity index (χ1v) is 9.42. The van der Waals surface area contributed by atoms with Gasteiger partial charge in [0.25, 0.3) is 0 Å². The van der Waals surface area contributed by atoms with Crippen LogP contribution in [0.3, 0.4) is 0 Å². The Hall–Kier alpha value is -2.86. The fraction of sp³-hybridized carbons (Fsp3) is 0.286. The van der Waals surface area contributed by atoms with Gasteiger partial charge in [-0.1, -0.05) is 54.1 Å². The Morgan fingerprint density at radius 1 is 0.821 bits per heavy atom. The van der Waals surface area contributed by atoms with Gasteiger partial charge in [0.1, 0.15) is 0 Å². The first-order valence-electron chi connectivity index (χ1n) is 9.04. The molecule has 0 saturated carbocycles. The Balaban J connectivity index is 1.54. The number of hydrogen-bond acceptors (Lipinski definition) is 4. The zero-order valence-electron chi connectivity index (χ0n) is 15.4. The summed E-state index contributed by atoms with van der Waals surface area (Å²) in [6, 6.07) is 16.8. The summed E-state index contributed by atoms with van der Waals surface area (Å²) < 4.78 is 5.11. The van der Waals surface area contributed by atoms with Crippen LogP contribution < -0.4 is 10.9 Å². The highest BCUT2D eigenvalue weighted by molar-refractivity contribution is 6.30. The van der Waals surface area contributed by atoms with Crippen molar-refractivity contribution in [1.82, 2.24) is 10.9 Å². The highest BCUT2D eigenvalue weighted by atomic mass is 35.5. The van der Waals surface area contributed by atoms with Crippen LogP contribution in [0.5, 0.6) is 0 Å². The number of halogens is 1. The molecule has 0 saturated heterocycles. The minimum Gasteiger partial charge on any atom is -0.466 e. The first kappa shape index (κ1) is 21.4. The van der Waals surface area contributed by atoms with E-state index in [1.54, 1.807) is 24.3 Å². The van der Waals surface area contributed by atoms with E-state index in [0.717, 1.165) is 18.4 Å². The van der Waals surface area contributed by atoms with E-state index in [2.05, 4.69) is 10.9 Å². The molecule has 148 valence electrons. The van der Waals surface area contributed by atoms with Crippen molar-refractivity contribution < 1.29 is 19.1 Å². The lowest BCUT2D eigenvalue weighted by molar-refractivity contribution is -0.145. The van der Waals surface area contributed by atoms with Crippen LogP contribution >= 0.6 is 11.6 Å². The smallest absolute Gasteiger partial charge is 0.306 e. The zero-order valence-corrected chi connectivity index (χ0v) is 16.2. The van der Waals surface area contributed by atoms with E-state index in [1.165, 1.54) is 5.56 Å². The van der Waals surface area contributed by atoms with Crippen molar-refractivity contribution in [3.05, 3.63) is 70.7 Å². The number of esters is 1. The molecule has 0 heterocycles. The number of ether oxygens (including phenoxy) is 1. The quantitative estimate of drug-likeness (QED) is 0.383. The molecular weight excluding hydrogens is 380 g/mol. The maximum atomic E-state index is 11.8. The summed E-state index contributed by atoms with van der Waals surface area (Å²) >= 11 is 5.78. The maximum Gasteiger partial charge on any atom is 0.306 e. The Morgan fingerprint density at radius 2 is 1.50 bits per heavy atom. The number of carbonyl (C=O) groups excluding carboxylic acids is 3. The van der Waals surface area contributed by atoms with E-state index in [0.29, 0.717) is 11.6 Å². The van der Waals surface area contributed by atoms with Crippen LogP contribution in [0.1, 0.15) is 30.4 Å². The molecule has 6 nitrogen and oxygen atoms in total. The molecule has 0 radical (unpaired) electrons. The normalized spacial score (nSPS) is 10.2. The summed E-state index contributed by atoms with van der Waals surface area (Å²) in [5, 5.41) is 0.587. The van der Waals surface area contributed by atoms with Gasteiger partial charge in [0.2, 0.25) is 11.8 Å². The average Bonchev–Trinajstić information content (AvgIpc) is 2.70. The molecule has 2 aromatic rings. The topological polar surface area (TPSA) is 84.5 Å². The maximum absolute atomic E-state index is 11.8. The Morgan fingerprint density at radius 3 is 2.21 bits per heavy atom. The average molecular weight is 403 g/mol. The molecule has 28 heavy (non-hydrogen) atoms. The summed E-state index contributed by atoms with van der Waals surface area (Å²) in [5.41, 5.74) is 6.56. The van der Waals surface area contributed by atoms with E-state index < -0.39 is 11.9 Å². The van der Waals surface area contributed by atoms with Crippen molar-refractivity contribution in [3.8, 4) is 0 Å². The van der Waals surface area contributed by atoms with Crippen LogP contribution in [0.15, 0.2) is 54.6 Å². The molecule has 0 bridgehead atoms. The van der Waals surface area contributed by atoms with Crippen LogP contribution in [0.25, 0.3) is 0 Å². The van der Waals surface area contributed by atoms with Crippen LogP contribution in [-0.2, 0) is 32.0 Å². The summed E-state index contributed by atoms with van der Waals surface area (Å²) in [5.74, 6) is -1.25. The number of nitrogens with one attached hydrogen (secondary N) is 2. The number of rotatable bonds is 9. The predicted octanol–water partition coefficient (Wildman–Crippen LogP) is 2.99. The lowest BCUT2D eigenvalue weighted by Crippen LogP contribution is -2.42. The largest absolute Gasteiger partial charge is 0.466 e. The van der Waals surface area contributed by atoms with Gasteiger partial charge in [0.15, 0.2) is 0 Å². The molecule has 0 aliphatic carbocycles. The second-order valence-corrected chi connectivity index (χ2v) is 6.65. The van der Waals surface area contributed by atoms with E-state index >= 15 is 0 Å². The molecular formula is C21H23ClN2O4. The molecule has 0 atom stereocenters. The lowest BCUT2D eigenvalue weighted by Gasteiger charge is -2.08. The molecule has 0 aliphatic heterocycles. The molecule has 7 heteroatoms. The minimum absolute atomic E-state index is 0.0375. The van der Waals surface area contributed by atoms with Crippen LogP contribution in [0.4, 0.5) is 0 Å². The van der Waals surface area contributed by atoms with Crippen LogP contribution in [-0.4, -0.2) is 24.4 Å². The van der Waals surface area contributed by atoms with Crippen molar-refractivity contribution in [2.24, 2.45) is 0 Å². The highest BCUT2D eigenvalue weighted by Gasteiger charge is 2.09. The van der Waals surface area contributed by atoms with Crippen molar-refractivity contribution in [2.75, 3.05) is 6.61 Å². The van der Waals surface area contributed by atoms with Crippen LogP contribution in [0.2, 0.25) is 5.02 Å². The SMILES string of the molecule is O=C(CCC(=O)OCCCc1ccccc1)NNC(=O)Cc1ccc(Cl)cc1. The molecule has 2 rings (SSSR count). The molecule has 0 spiro atoms. The lowest BCUT2D eigenvalue weighted by atomic mass is 10.1. The standard InChI is InChI=1S/C21H23ClN2O4/c22-18-10-8-17(9-11-18)15-20(26)24-23-19(25)12-13-21(27)28-14-4-7-16-5-2-1-3-6-16/h1-3,5-6,8-11H,4,7,12-15H2,(H,23,25)(H,24,26). The van der Waals surface area contributed by atoms with E-state index in [4.69, 9.17) is 16.3 Å². The van der Waals surface area contributed by atoms with Gasteiger partial charge < -0.3 is 4.74 Å². The Kier molecular flexibility index (Phi) is 9.01. The van der Waals surface area contributed by atoms with Crippen molar-refractivity contribution in [1.29, 1.82) is 0 Å². The van der Waals surface area contributed by atoms with E-state index in [1.807, 2.05) is 30.3 Å². The zero-order chi connectivity index (χ0) is 20.2. The van der Waals surface area contributed by atoms with Gasteiger partial charge in [-0.25, -0.2) is 0 Å². The van der Waals surface area contributed by atoms with Crippen molar-refractivity contribution >= 4 is 29.4 Å². The van der Waals surface area contributed by atoms with E-state index in [-0.39, 0.29) is 25.2 Å². The molecule has 2 amide bonds. The van der Waals surface area contributed by atoms with Crippen molar-refractivity contribution in [3.63, 3.8) is 0 Å². The molecule has 0 aromatic heterocycles. The van der Waals surface area contributed by atoms with Gasteiger partial charge in [0, 0.05) is 11.4 Å².